The summed E-state index contributed by atoms with van der Waals surface area (Å²) in [6, 6.07) is 20.3. The molecule has 3 rings (SSSR count). The Bertz CT molecular complexity index is 672. The van der Waals surface area contributed by atoms with Crippen molar-refractivity contribution >= 4 is 22.6 Å². The van der Waals surface area contributed by atoms with Gasteiger partial charge in [0.05, 0.1) is 32.8 Å². The number of benzene rings is 2. The van der Waals surface area contributed by atoms with Crippen LogP contribution >= 0.6 is 22.6 Å². The molecule has 1 aliphatic carbocycles. The lowest BCUT2D eigenvalue weighted by Gasteiger charge is -2.29. The largest absolute Gasteiger partial charge is 0.376 e. The van der Waals surface area contributed by atoms with E-state index in [0.717, 1.165) is 33.9 Å². The van der Waals surface area contributed by atoms with Crippen LogP contribution in [0.25, 0.3) is 0 Å². The van der Waals surface area contributed by atoms with Crippen LogP contribution in [0, 0.1) is 11.3 Å². The molecule has 0 aromatic heterocycles. The number of hydrogen-bond acceptors (Lipinski definition) is 2. The summed E-state index contributed by atoms with van der Waals surface area (Å²) in [5, 5.41) is 0. The quantitative estimate of drug-likeness (QED) is 0.319. The molecule has 1 saturated carbocycles. The molecule has 0 heterocycles. The molecule has 2 aromatic rings. The van der Waals surface area contributed by atoms with E-state index in [2.05, 4.69) is 46.9 Å². The minimum absolute atomic E-state index is 0.155. The lowest BCUT2D eigenvalue weighted by Crippen LogP contribution is -2.30. The van der Waals surface area contributed by atoms with Crippen molar-refractivity contribution in [2.75, 3.05) is 17.6 Å². The number of ether oxygens (including phenoxy) is 2. The maximum atomic E-state index is 13.4. The van der Waals surface area contributed by atoms with Crippen LogP contribution in [0.4, 0.5) is 4.39 Å². The predicted molar refractivity (Wildman–Crippen MR) is 115 cm³/mol. The van der Waals surface area contributed by atoms with Crippen molar-refractivity contribution in [2.24, 2.45) is 11.3 Å². The second kappa shape index (κ2) is 10.3. The van der Waals surface area contributed by atoms with E-state index < -0.39 is 0 Å². The first-order valence-corrected chi connectivity index (χ1v) is 10.9. The van der Waals surface area contributed by atoms with E-state index in [0.29, 0.717) is 32.8 Å². The summed E-state index contributed by atoms with van der Waals surface area (Å²) in [4.78, 5) is 0. The molecule has 144 valence electrons. The molecule has 0 saturated heterocycles. The first-order chi connectivity index (χ1) is 13.2. The van der Waals surface area contributed by atoms with E-state index in [9.17, 15) is 4.39 Å². The van der Waals surface area contributed by atoms with Crippen molar-refractivity contribution < 1.29 is 13.9 Å². The van der Waals surface area contributed by atoms with Crippen LogP contribution in [-0.4, -0.2) is 17.6 Å². The molecule has 4 heteroatoms. The fraction of sp³-hybridized carbons (Fsp3) is 0.391. The lowest BCUT2D eigenvalue weighted by molar-refractivity contribution is -0.0302. The van der Waals surface area contributed by atoms with Gasteiger partial charge in [-0.1, -0.05) is 83.3 Å². The summed E-state index contributed by atoms with van der Waals surface area (Å²) < 4.78 is 26.5. The van der Waals surface area contributed by atoms with Crippen molar-refractivity contribution in [1.82, 2.24) is 0 Å². The van der Waals surface area contributed by atoms with Crippen molar-refractivity contribution in [2.45, 2.75) is 26.1 Å². The predicted octanol–water partition coefficient (Wildman–Crippen LogP) is 6.10. The fourth-order valence-electron chi connectivity index (χ4n) is 3.77. The van der Waals surface area contributed by atoms with Gasteiger partial charge in [0.1, 0.15) is 0 Å². The van der Waals surface area contributed by atoms with Crippen LogP contribution < -0.4 is 0 Å². The molecule has 0 bridgehead atoms. The molecule has 1 atom stereocenters. The Labute approximate surface area is 174 Å². The van der Waals surface area contributed by atoms with Gasteiger partial charge in [-0.25, -0.2) is 4.39 Å². The molecule has 2 aromatic carbocycles. The minimum Gasteiger partial charge on any atom is -0.376 e. The molecule has 1 aliphatic rings. The molecule has 1 fully saturated rings. The molecule has 0 amide bonds. The zero-order valence-corrected chi connectivity index (χ0v) is 17.6. The molecule has 0 spiro atoms. The zero-order valence-electron chi connectivity index (χ0n) is 15.5. The highest BCUT2D eigenvalue weighted by molar-refractivity contribution is 14.1. The topological polar surface area (TPSA) is 18.5 Å². The number of alkyl halides is 1. The van der Waals surface area contributed by atoms with Gasteiger partial charge in [-0.3, -0.25) is 0 Å². The Balaban J connectivity index is 1.61. The van der Waals surface area contributed by atoms with E-state index >= 15 is 0 Å². The van der Waals surface area contributed by atoms with Gasteiger partial charge in [0.2, 0.25) is 0 Å². The highest BCUT2D eigenvalue weighted by atomic mass is 127. The summed E-state index contributed by atoms with van der Waals surface area (Å²) in [6.07, 6.45) is 2.43. The first-order valence-electron chi connectivity index (χ1n) is 9.33. The third-order valence-corrected chi connectivity index (χ3v) is 6.21. The zero-order chi connectivity index (χ0) is 19.0. The molecule has 2 nitrogen and oxygen atoms in total. The highest BCUT2D eigenvalue weighted by Gasteiger charge is 2.42. The summed E-state index contributed by atoms with van der Waals surface area (Å²) in [6.45, 7) is 2.32. The SMILES string of the molecule is F/C=C1\CC(COCc2ccccc2)(COCc2ccccc2)CC1CI. The van der Waals surface area contributed by atoms with Crippen molar-refractivity contribution in [3.63, 3.8) is 0 Å². The maximum absolute atomic E-state index is 13.4. The Hall–Kier alpha value is -1.24. The van der Waals surface area contributed by atoms with E-state index in [1.165, 1.54) is 0 Å². The van der Waals surface area contributed by atoms with Crippen LogP contribution in [0.1, 0.15) is 24.0 Å². The van der Waals surface area contributed by atoms with E-state index in [1.54, 1.807) is 0 Å². The summed E-state index contributed by atoms with van der Waals surface area (Å²) in [5.41, 5.74) is 3.05. The second-order valence-corrected chi connectivity index (χ2v) is 8.25. The van der Waals surface area contributed by atoms with Crippen molar-refractivity contribution in [3.05, 3.63) is 83.7 Å². The Morgan fingerprint density at radius 1 is 0.926 bits per heavy atom. The normalized spacial score (nSPS) is 20.2. The van der Waals surface area contributed by atoms with Crippen molar-refractivity contribution in [1.29, 1.82) is 0 Å². The van der Waals surface area contributed by atoms with Gasteiger partial charge in [-0.2, -0.15) is 0 Å². The molecule has 0 N–H and O–H groups in total. The van der Waals surface area contributed by atoms with E-state index in [1.807, 2.05) is 36.4 Å². The average molecular weight is 480 g/mol. The molecule has 1 unspecified atom stereocenters. The Morgan fingerprint density at radius 3 is 1.85 bits per heavy atom. The Morgan fingerprint density at radius 2 is 1.44 bits per heavy atom. The number of halogens is 2. The second-order valence-electron chi connectivity index (χ2n) is 7.37. The van der Waals surface area contributed by atoms with Crippen LogP contribution in [-0.2, 0) is 22.7 Å². The van der Waals surface area contributed by atoms with Crippen LogP contribution in [0.2, 0.25) is 0 Å². The smallest absolute Gasteiger partial charge is 0.0862 e. The van der Waals surface area contributed by atoms with Gasteiger partial charge in [0, 0.05) is 9.84 Å². The molecular weight excluding hydrogens is 454 g/mol. The van der Waals surface area contributed by atoms with Crippen LogP contribution in [0.3, 0.4) is 0 Å². The van der Waals surface area contributed by atoms with Crippen LogP contribution in [0.5, 0.6) is 0 Å². The number of rotatable bonds is 9. The molecule has 0 aliphatic heterocycles. The highest BCUT2D eigenvalue weighted by Crippen LogP contribution is 2.47. The molecule has 27 heavy (non-hydrogen) atoms. The van der Waals surface area contributed by atoms with E-state index in [4.69, 9.17) is 9.47 Å². The maximum Gasteiger partial charge on any atom is 0.0862 e. The van der Waals surface area contributed by atoms with Gasteiger partial charge in [0.25, 0.3) is 0 Å². The fourth-order valence-corrected chi connectivity index (χ4v) is 4.64. The number of allylic oxidation sites excluding steroid dienone is 1. The van der Waals surface area contributed by atoms with Gasteiger partial charge in [0.15, 0.2) is 0 Å². The third kappa shape index (κ3) is 5.87. The lowest BCUT2D eigenvalue weighted by atomic mass is 9.87. The monoisotopic (exact) mass is 480 g/mol. The summed E-state index contributed by atoms with van der Waals surface area (Å²) in [7, 11) is 0. The van der Waals surface area contributed by atoms with E-state index in [-0.39, 0.29) is 11.3 Å². The average Bonchev–Trinajstić information content (AvgIpc) is 3.08. The first kappa shape index (κ1) is 20.5. The van der Waals surface area contributed by atoms with Crippen LogP contribution in [0.15, 0.2) is 72.6 Å². The van der Waals surface area contributed by atoms with Gasteiger partial charge >= 0.3 is 0 Å². The Kier molecular flexibility index (Phi) is 7.85. The summed E-state index contributed by atoms with van der Waals surface area (Å²) in [5.74, 6) is 0.274. The molecule has 0 radical (unpaired) electrons. The van der Waals surface area contributed by atoms with Crippen molar-refractivity contribution in [3.8, 4) is 0 Å². The molecular formula is C23H26FIO2. The standard InChI is InChI=1S/C23H26FIO2/c24-13-21-11-23(12-22(21)14-25,17-26-15-19-7-3-1-4-8-19)18-27-16-20-9-5-2-6-10-20/h1-10,13,22H,11-12,14-18H2/b21-13+. The minimum atomic E-state index is -0.155. The van der Waals surface area contributed by atoms with Gasteiger partial charge in [-0.15, -0.1) is 0 Å². The van der Waals surface area contributed by atoms with Gasteiger partial charge in [-0.05, 0) is 35.5 Å². The third-order valence-electron chi connectivity index (χ3n) is 5.15. The number of hydrogen-bond donors (Lipinski definition) is 0. The van der Waals surface area contributed by atoms with Gasteiger partial charge < -0.3 is 9.47 Å². The summed E-state index contributed by atoms with van der Waals surface area (Å²) >= 11 is 2.35.